The molecule has 33 heavy (non-hydrogen) atoms. The van der Waals surface area contributed by atoms with Crippen molar-refractivity contribution in [3.63, 3.8) is 0 Å². The number of Topliss-reactive ketones (excluding diaryl/α,β-unsaturated/α-hetero) is 1. The number of pyridine rings is 1. The van der Waals surface area contributed by atoms with E-state index in [-0.39, 0.29) is 17.8 Å². The molecule has 0 amide bonds. The minimum absolute atomic E-state index is 0.207. The third-order valence-corrected chi connectivity index (χ3v) is 7.60. The molecule has 1 saturated carbocycles. The van der Waals surface area contributed by atoms with Gasteiger partial charge in [0.15, 0.2) is 0 Å². The molecule has 0 radical (unpaired) electrons. The molecule has 5 rings (SSSR count). The van der Waals surface area contributed by atoms with Gasteiger partial charge in [0.1, 0.15) is 18.2 Å². The van der Waals surface area contributed by atoms with Crippen LogP contribution in [0.1, 0.15) is 67.5 Å². The first-order valence-corrected chi connectivity index (χ1v) is 12.3. The Morgan fingerprint density at radius 1 is 1.09 bits per heavy atom. The summed E-state index contributed by atoms with van der Waals surface area (Å²) in [5.74, 6) is 1.22. The van der Waals surface area contributed by atoms with Gasteiger partial charge in [-0.15, -0.1) is 0 Å². The third-order valence-electron chi connectivity index (χ3n) is 7.60. The van der Waals surface area contributed by atoms with Gasteiger partial charge < -0.3 is 9.64 Å². The highest BCUT2D eigenvalue weighted by Gasteiger charge is 2.37. The van der Waals surface area contributed by atoms with Gasteiger partial charge in [0, 0.05) is 37.2 Å². The van der Waals surface area contributed by atoms with Crippen molar-refractivity contribution in [2.45, 2.75) is 76.9 Å². The standard InChI is InChI=1S/C27H34N4O2/c1-17-4-7-20(28-15-17)14-22(32)12-18-5-6-19-13-24-26(25(18)19)27(30-16-29-24)33-23-10-8-21(9-11-23)31(2)3/h4,7,15-16,18,21,23H,5-6,8-14H2,1-3H3/t18-,21-,23-/m0/s1. The molecule has 2 aromatic rings. The molecule has 0 bridgehead atoms. The monoisotopic (exact) mass is 446 g/mol. The molecule has 2 aromatic heterocycles. The van der Waals surface area contributed by atoms with Crippen LogP contribution in [0.25, 0.3) is 5.57 Å². The Hall–Kier alpha value is -2.60. The average Bonchev–Trinajstić information content (AvgIpc) is 3.36. The van der Waals surface area contributed by atoms with Crippen molar-refractivity contribution in [3.8, 4) is 5.88 Å². The lowest BCUT2D eigenvalue weighted by Gasteiger charge is -2.32. The Balaban J connectivity index is 1.29. The van der Waals surface area contributed by atoms with Crippen molar-refractivity contribution >= 4 is 11.4 Å². The summed E-state index contributed by atoms with van der Waals surface area (Å²) in [6, 6.07) is 4.62. The second-order valence-electron chi connectivity index (χ2n) is 10.2. The van der Waals surface area contributed by atoms with Gasteiger partial charge in [0.25, 0.3) is 0 Å². The fourth-order valence-electron chi connectivity index (χ4n) is 5.77. The number of allylic oxidation sites excluding steroid dienone is 2. The van der Waals surface area contributed by atoms with Crippen LogP contribution in [0.2, 0.25) is 0 Å². The Bertz CT molecular complexity index is 1050. The van der Waals surface area contributed by atoms with Crippen LogP contribution in [0.5, 0.6) is 5.88 Å². The maximum absolute atomic E-state index is 12.9. The van der Waals surface area contributed by atoms with E-state index in [2.05, 4.69) is 33.9 Å². The number of aromatic nitrogens is 3. The van der Waals surface area contributed by atoms with Crippen LogP contribution in [0, 0.1) is 12.8 Å². The fourth-order valence-corrected chi connectivity index (χ4v) is 5.77. The van der Waals surface area contributed by atoms with Crippen LogP contribution in [-0.2, 0) is 17.6 Å². The summed E-state index contributed by atoms with van der Waals surface area (Å²) in [5.41, 5.74) is 6.86. The lowest BCUT2D eigenvalue weighted by molar-refractivity contribution is -0.119. The Morgan fingerprint density at radius 3 is 2.64 bits per heavy atom. The topological polar surface area (TPSA) is 68.2 Å². The lowest BCUT2D eigenvalue weighted by Crippen LogP contribution is -2.35. The van der Waals surface area contributed by atoms with E-state index < -0.39 is 0 Å². The highest BCUT2D eigenvalue weighted by atomic mass is 16.5. The van der Waals surface area contributed by atoms with E-state index in [0.717, 1.165) is 73.3 Å². The first-order chi connectivity index (χ1) is 16.0. The van der Waals surface area contributed by atoms with Crippen molar-refractivity contribution in [1.82, 2.24) is 19.9 Å². The molecule has 0 saturated heterocycles. The molecule has 6 heteroatoms. The zero-order valence-electron chi connectivity index (χ0n) is 20.0. The molecule has 0 spiro atoms. The lowest BCUT2D eigenvalue weighted by atomic mass is 9.90. The van der Waals surface area contributed by atoms with E-state index in [9.17, 15) is 4.79 Å². The SMILES string of the molecule is Cc1ccc(CC(=O)C[C@@H]2CCC3=C2c2c(ncnc2O[C@H]2CC[C@H](N(C)C)CC2)C3)nc1. The molecular weight excluding hydrogens is 412 g/mol. The average molecular weight is 447 g/mol. The highest BCUT2D eigenvalue weighted by molar-refractivity contribution is 5.87. The van der Waals surface area contributed by atoms with Crippen molar-refractivity contribution in [2.24, 2.45) is 5.92 Å². The first kappa shape index (κ1) is 22.2. The summed E-state index contributed by atoms with van der Waals surface area (Å²) in [6.45, 7) is 2.01. The number of nitrogens with zero attached hydrogens (tertiary/aromatic N) is 4. The number of ether oxygens (including phenoxy) is 1. The predicted octanol–water partition coefficient (Wildman–Crippen LogP) is 4.35. The van der Waals surface area contributed by atoms with Crippen molar-refractivity contribution in [2.75, 3.05) is 14.1 Å². The molecule has 174 valence electrons. The molecule has 0 N–H and O–H groups in total. The van der Waals surface area contributed by atoms with Crippen LogP contribution < -0.4 is 4.74 Å². The summed E-state index contributed by atoms with van der Waals surface area (Å²) in [6.07, 6.45) is 12.0. The normalized spacial score (nSPS) is 24.2. The van der Waals surface area contributed by atoms with Gasteiger partial charge in [-0.3, -0.25) is 9.78 Å². The first-order valence-electron chi connectivity index (χ1n) is 12.3. The quantitative estimate of drug-likeness (QED) is 0.630. The van der Waals surface area contributed by atoms with Crippen LogP contribution in [0.3, 0.4) is 0 Å². The van der Waals surface area contributed by atoms with Crippen molar-refractivity contribution in [3.05, 3.63) is 52.7 Å². The Kier molecular flexibility index (Phi) is 6.28. The number of ketones is 1. The number of rotatable bonds is 7. The number of carbonyl (C=O) groups is 1. The van der Waals surface area contributed by atoms with E-state index in [1.54, 1.807) is 6.33 Å². The van der Waals surface area contributed by atoms with Crippen molar-refractivity contribution in [1.29, 1.82) is 0 Å². The number of hydrogen-bond donors (Lipinski definition) is 0. The van der Waals surface area contributed by atoms with Crippen LogP contribution >= 0.6 is 0 Å². The van der Waals surface area contributed by atoms with E-state index in [1.165, 1.54) is 11.1 Å². The number of aryl methyl sites for hydroxylation is 1. The molecule has 3 aliphatic carbocycles. The minimum atomic E-state index is 0.207. The van der Waals surface area contributed by atoms with Crippen molar-refractivity contribution < 1.29 is 9.53 Å². The zero-order valence-corrected chi connectivity index (χ0v) is 20.0. The van der Waals surface area contributed by atoms with Crippen LogP contribution in [-0.4, -0.2) is 51.9 Å². The van der Waals surface area contributed by atoms with E-state index in [1.807, 2.05) is 25.3 Å². The second-order valence-corrected chi connectivity index (χ2v) is 10.2. The fraction of sp³-hybridized carbons (Fsp3) is 0.556. The van der Waals surface area contributed by atoms with E-state index in [4.69, 9.17) is 4.74 Å². The van der Waals surface area contributed by atoms with E-state index in [0.29, 0.717) is 18.9 Å². The van der Waals surface area contributed by atoms with Gasteiger partial charge >= 0.3 is 0 Å². The second kappa shape index (κ2) is 9.34. The molecule has 2 heterocycles. The molecule has 0 unspecified atom stereocenters. The number of hydrogen-bond acceptors (Lipinski definition) is 6. The molecule has 6 nitrogen and oxygen atoms in total. The van der Waals surface area contributed by atoms with Gasteiger partial charge in [-0.2, -0.15) is 0 Å². The van der Waals surface area contributed by atoms with Crippen LogP contribution in [0.4, 0.5) is 0 Å². The number of fused-ring (bicyclic) bond motifs is 2. The summed E-state index contributed by atoms with van der Waals surface area (Å²) in [5, 5.41) is 0. The van der Waals surface area contributed by atoms with Crippen LogP contribution in [0.15, 0.2) is 30.2 Å². The van der Waals surface area contributed by atoms with Gasteiger partial charge in [0.05, 0.1) is 11.3 Å². The smallest absolute Gasteiger partial charge is 0.224 e. The van der Waals surface area contributed by atoms with Gasteiger partial charge in [-0.05, 0) is 82.7 Å². The zero-order chi connectivity index (χ0) is 22.9. The van der Waals surface area contributed by atoms with Gasteiger partial charge in [-0.1, -0.05) is 11.6 Å². The summed E-state index contributed by atoms with van der Waals surface area (Å²) in [4.78, 5) is 28.8. The molecule has 3 aliphatic rings. The minimum Gasteiger partial charge on any atom is -0.474 e. The maximum Gasteiger partial charge on any atom is 0.224 e. The highest BCUT2D eigenvalue weighted by Crippen LogP contribution is 2.50. The molecular formula is C27H34N4O2. The molecule has 1 atom stereocenters. The molecule has 0 aliphatic heterocycles. The summed E-state index contributed by atoms with van der Waals surface area (Å²) in [7, 11) is 4.32. The number of carbonyl (C=O) groups excluding carboxylic acids is 1. The largest absolute Gasteiger partial charge is 0.474 e. The molecule has 1 fully saturated rings. The summed E-state index contributed by atoms with van der Waals surface area (Å²) >= 11 is 0. The Morgan fingerprint density at radius 2 is 1.91 bits per heavy atom. The third kappa shape index (κ3) is 4.72. The predicted molar refractivity (Wildman–Crippen MR) is 128 cm³/mol. The van der Waals surface area contributed by atoms with Gasteiger partial charge in [-0.25, -0.2) is 9.97 Å². The molecule has 0 aromatic carbocycles. The maximum atomic E-state index is 12.9. The summed E-state index contributed by atoms with van der Waals surface area (Å²) < 4.78 is 6.50. The Labute approximate surface area is 196 Å². The van der Waals surface area contributed by atoms with E-state index >= 15 is 0 Å². The van der Waals surface area contributed by atoms with Gasteiger partial charge in [0.2, 0.25) is 5.88 Å².